The van der Waals surface area contributed by atoms with Crippen molar-refractivity contribution in [2.45, 2.75) is 0 Å². The van der Waals surface area contributed by atoms with Crippen molar-refractivity contribution in [1.82, 2.24) is 5.32 Å². The van der Waals surface area contributed by atoms with Crippen molar-refractivity contribution in [3.63, 3.8) is 0 Å². The fourth-order valence-corrected chi connectivity index (χ4v) is 3.38. The Morgan fingerprint density at radius 2 is 1.80 bits per heavy atom. The molecule has 7 heteroatoms. The molecule has 0 spiro atoms. The zero-order valence-corrected chi connectivity index (χ0v) is 15.9. The second kappa shape index (κ2) is 6.90. The lowest BCUT2D eigenvalue weighted by Crippen LogP contribution is -2.30. The summed E-state index contributed by atoms with van der Waals surface area (Å²) < 4.78 is 0.901. The van der Waals surface area contributed by atoms with Crippen LogP contribution < -0.4 is 15.1 Å². The van der Waals surface area contributed by atoms with Gasteiger partial charge in [0.2, 0.25) is 0 Å². The lowest BCUT2D eigenvalue weighted by Gasteiger charge is -2.14. The smallest absolute Gasteiger partial charge is 0.333 e. The van der Waals surface area contributed by atoms with Gasteiger partial charge in [-0.1, -0.05) is 17.7 Å². The summed E-state index contributed by atoms with van der Waals surface area (Å²) in [4.78, 5) is 27.8. The van der Waals surface area contributed by atoms with Gasteiger partial charge in [-0.25, -0.2) is 9.69 Å². The third-order valence-corrected chi connectivity index (χ3v) is 4.61. The van der Waals surface area contributed by atoms with Crippen molar-refractivity contribution < 1.29 is 9.59 Å². The lowest BCUT2D eigenvalue weighted by molar-refractivity contribution is -0.113. The number of carbonyl (C=O) groups excluding carboxylic acids is 2. The van der Waals surface area contributed by atoms with E-state index in [1.165, 1.54) is 0 Å². The summed E-state index contributed by atoms with van der Waals surface area (Å²) in [6.07, 6.45) is 1.65. The van der Waals surface area contributed by atoms with Crippen LogP contribution in [0.25, 0.3) is 6.08 Å². The molecule has 5 nitrogen and oxygen atoms in total. The molecular formula is C18H15BrClN3O2. The highest BCUT2D eigenvalue weighted by Gasteiger charge is 2.34. The number of halogens is 2. The minimum atomic E-state index is -0.484. The molecule has 1 fully saturated rings. The van der Waals surface area contributed by atoms with Crippen molar-refractivity contribution >= 4 is 56.9 Å². The van der Waals surface area contributed by atoms with E-state index >= 15 is 0 Å². The summed E-state index contributed by atoms with van der Waals surface area (Å²) in [5.74, 6) is -0.403. The standard InChI is InChI=1S/C18H15BrClN3O2/c1-22(2)16-8-3-11(9-14(16)19)10-15-17(24)23(18(25)21-15)13-6-4-12(20)5-7-13/h3-10H,1-2H3,(H,21,25)/b15-10+. The van der Waals surface area contributed by atoms with Crippen LogP contribution >= 0.6 is 27.5 Å². The normalized spacial score (nSPS) is 15.7. The molecule has 0 unspecified atom stereocenters. The Hall–Kier alpha value is -2.31. The summed E-state index contributed by atoms with van der Waals surface area (Å²) in [6, 6.07) is 11.8. The molecule has 0 radical (unpaired) electrons. The first-order valence-electron chi connectivity index (χ1n) is 7.46. The first-order chi connectivity index (χ1) is 11.9. The predicted octanol–water partition coefficient (Wildman–Crippen LogP) is 4.27. The maximum atomic E-state index is 12.6. The van der Waals surface area contributed by atoms with E-state index in [1.807, 2.05) is 37.2 Å². The summed E-state index contributed by atoms with van der Waals surface area (Å²) >= 11 is 9.37. The van der Waals surface area contributed by atoms with E-state index in [4.69, 9.17) is 11.6 Å². The van der Waals surface area contributed by atoms with E-state index in [9.17, 15) is 9.59 Å². The zero-order chi connectivity index (χ0) is 18.1. The summed E-state index contributed by atoms with van der Waals surface area (Å²) in [5, 5.41) is 3.15. The number of amides is 3. The molecule has 3 rings (SSSR count). The van der Waals surface area contributed by atoms with E-state index in [1.54, 1.807) is 30.3 Å². The Bertz CT molecular complexity index is 878. The SMILES string of the molecule is CN(C)c1ccc(/C=C2/NC(=O)N(c3ccc(Cl)cc3)C2=O)cc1Br. The van der Waals surface area contributed by atoms with Crippen LogP contribution in [0.1, 0.15) is 5.56 Å². The molecule has 0 atom stereocenters. The fraction of sp³-hybridized carbons (Fsp3) is 0.111. The number of hydrogen-bond acceptors (Lipinski definition) is 3. The van der Waals surface area contributed by atoms with Gasteiger partial charge in [0.1, 0.15) is 5.70 Å². The molecule has 1 aliphatic rings. The van der Waals surface area contributed by atoms with Gasteiger partial charge < -0.3 is 10.2 Å². The predicted molar refractivity (Wildman–Crippen MR) is 104 cm³/mol. The monoisotopic (exact) mass is 419 g/mol. The molecule has 1 aliphatic heterocycles. The summed E-state index contributed by atoms with van der Waals surface area (Å²) in [6.45, 7) is 0. The van der Waals surface area contributed by atoms with E-state index in [2.05, 4.69) is 21.2 Å². The molecule has 2 aromatic carbocycles. The second-order valence-electron chi connectivity index (χ2n) is 5.71. The highest BCUT2D eigenvalue weighted by atomic mass is 79.9. The molecule has 128 valence electrons. The van der Waals surface area contributed by atoms with Crippen molar-refractivity contribution in [3.8, 4) is 0 Å². The highest BCUT2D eigenvalue weighted by Crippen LogP contribution is 2.28. The lowest BCUT2D eigenvalue weighted by atomic mass is 10.1. The average molecular weight is 421 g/mol. The topological polar surface area (TPSA) is 52.7 Å². The van der Waals surface area contributed by atoms with Gasteiger partial charge in [-0.2, -0.15) is 0 Å². The van der Waals surface area contributed by atoms with Gasteiger partial charge in [0.15, 0.2) is 0 Å². The summed E-state index contributed by atoms with van der Waals surface area (Å²) in [7, 11) is 3.89. The number of nitrogens with one attached hydrogen (secondary N) is 1. The molecule has 25 heavy (non-hydrogen) atoms. The van der Waals surface area contributed by atoms with Gasteiger partial charge in [0.25, 0.3) is 5.91 Å². The zero-order valence-electron chi connectivity index (χ0n) is 13.6. The number of rotatable bonds is 3. The van der Waals surface area contributed by atoms with E-state index in [0.29, 0.717) is 10.7 Å². The van der Waals surface area contributed by atoms with Crippen LogP contribution in [-0.4, -0.2) is 26.0 Å². The molecule has 0 bridgehead atoms. The van der Waals surface area contributed by atoms with Crippen LogP contribution in [0, 0.1) is 0 Å². The number of anilines is 2. The van der Waals surface area contributed by atoms with Crippen LogP contribution in [0.2, 0.25) is 5.02 Å². The number of imide groups is 1. The molecule has 0 aliphatic carbocycles. The van der Waals surface area contributed by atoms with Gasteiger partial charge in [-0.15, -0.1) is 0 Å². The van der Waals surface area contributed by atoms with E-state index in [0.717, 1.165) is 20.6 Å². The van der Waals surface area contributed by atoms with Gasteiger partial charge in [-0.05, 0) is 64.0 Å². The highest BCUT2D eigenvalue weighted by molar-refractivity contribution is 9.10. The largest absolute Gasteiger partial charge is 0.377 e. The van der Waals surface area contributed by atoms with Gasteiger partial charge in [0.05, 0.1) is 11.4 Å². The average Bonchev–Trinajstić information content (AvgIpc) is 2.82. The molecule has 1 heterocycles. The quantitative estimate of drug-likeness (QED) is 0.596. The van der Waals surface area contributed by atoms with E-state index < -0.39 is 11.9 Å². The van der Waals surface area contributed by atoms with Crippen molar-refractivity contribution in [3.05, 3.63) is 63.2 Å². The van der Waals surface area contributed by atoms with Gasteiger partial charge in [0, 0.05) is 23.6 Å². The van der Waals surface area contributed by atoms with E-state index in [-0.39, 0.29) is 5.70 Å². The third-order valence-electron chi connectivity index (χ3n) is 3.73. The van der Waals surface area contributed by atoms with Crippen LogP contribution in [0.4, 0.5) is 16.2 Å². The number of nitrogens with zero attached hydrogens (tertiary/aromatic N) is 2. The Morgan fingerprint density at radius 3 is 2.40 bits per heavy atom. The Balaban J connectivity index is 1.90. The number of benzene rings is 2. The molecular weight excluding hydrogens is 406 g/mol. The second-order valence-corrected chi connectivity index (χ2v) is 7.00. The first kappa shape index (κ1) is 17.5. The van der Waals surface area contributed by atoms with Crippen LogP contribution in [0.3, 0.4) is 0 Å². The number of hydrogen-bond donors (Lipinski definition) is 1. The van der Waals surface area contributed by atoms with Gasteiger partial charge >= 0.3 is 6.03 Å². The molecule has 3 amide bonds. The molecule has 2 aromatic rings. The number of urea groups is 1. The maximum Gasteiger partial charge on any atom is 0.333 e. The van der Waals surface area contributed by atoms with Crippen LogP contribution in [0.5, 0.6) is 0 Å². The Morgan fingerprint density at radius 1 is 1.12 bits per heavy atom. The first-order valence-corrected chi connectivity index (χ1v) is 8.63. The minimum absolute atomic E-state index is 0.226. The Labute approximate surface area is 159 Å². The van der Waals surface area contributed by atoms with Gasteiger partial charge in [-0.3, -0.25) is 4.79 Å². The molecule has 1 saturated heterocycles. The number of carbonyl (C=O) groups is 2. The Kier molecular flexibility index (Phi) is 4.83. The van der Waals surface area contributed by atoms with Crippen LogP contribution in [0.15, 0.2) is 52.6 Å². The van der Waals surface area contributed by atoms with Crippen LogP contribution in [-0.2, 0) is 4.79 Å². The fourth-order valence-electron chi connectivity index (χ4n) is 2.50. The van der Waals surface area contributed by atoms with Crippen molar-refractivity contribution in [2.75, 3.05) is 23.9 Å². The van der Waals surface area contributed by atoms with Crippen molar-refractivity contribution in [2.24, 2.45) is 0 Å². The maximum absolute atomic E-state index is 12.6. The molecule has 1 N–H and O–H groups in total. The molecule has 0 saturated carbocycles. The summed E-state index contributed by atoms with van der Waals surface area (Å²) in [5.41, 5.74) is 2.52. The third kappa shape index (κ3) is 3.55. The molecule has 0 aromatic heterocycles. The minimum Gasteiger partial charge on any atom is -0.377 e. The van der Waals surface area contributed by atoms with Crippen molar-refractivity contribution in [1.29, 1.82) is 0 Å².